The van der Waals surface area contributed by atoms with Gasteiger partial charge in [0, 0.05) is 17.7 Å². The first-order chi connectivity index (χ1) is 5.88. The van der Waals surface area contributed by atoms with E-state index in [2.05, 4.69) is 0 Å². The Bertz CT molecular complexity index is 192. The monoisotopic (exact) mass is 204 g/mol. The highest BCUT2D eigenvalue weighted by molar-refractivity contribution is 6.18. The van der Waals surface area contributed by atoms with Gasteiger partial charge in [-0.25, -0.2) is 0 Å². The molecule has 0 heterocycles. The lowest BCUT2D eigenvalue weighted by Gasteiger charge is -2.15. The zero-order chi connectivity index (χ0) is 10.5. The van der Waals surface area contributed by atoms with Gasteiger partial charge in [0.1, 0.15) is 11.6 Å². The summed E-state index contributed by atoms with van der Waals surface area (Å²) in [6, 6.07) is 0. The standard InChI is InChI=1S/C10H17ClO2/c1-10(2,3)9(13)7-8(12)5-4-6-11/h4-7H2,1-3H3. The molecular weight excluding hydrogens is 188 g/mol. The molecule has 0 aliphatic heterocycles. The van der Waals surface area contributed by atoms with Crippen LogP contribution in [0.25, 0.3) is 0 Å². The van der Waals surface area contributed by atoms with Crippen molar-refractivity contribution >= 4 is 23.2 Å². The minimum absolute atomic E-state index is 0.000532. The van der Waals surface area contributed by atoms with Crippen LogP contribution in [0.2, 0.25) is 0 Å². The van der Waals surface area contributed by atoms with E-state index in [9.17, 15) is 9.59 Å². The number of Topliss-reactive ketones (excluding diaryl/α,β-unsaturated/α-hetero) is 2. The average molecular weight is 205 g/mol. The van der Waals surface area contributed by atoms with Gasteiger partial charge in [0.25, 0.3) is 0 Å². The molecule has 0 bridgehead atoms. The number of carbonyl (C=O) groups excluding carboxylic acids is 2. The second kappa shape index (κ2) is 5.38. The van der Waals surface area contributed by atoms with Crippen LogP contribution in [0.3, 0.4) is 0 Å². The first-order valence-corrected chi connectivity index (χ1v) is 5.02. The van der Waals surface area contributed by atoms with Crippen molar-refractivity contribution in [3.63, 3.8) is 0 Å². The predicted molar refractivity (Wildman–Crippen MR) is 54.0 cm³/mol. The third-order valence-corrected chi connectivity index (χ3v) is 2.05. The third-order valence-electron chi connectivity index (χ3n) is 1.78. The fourth-order valence-corrected chi connectivity index (χ4v) is 0.930. The Labute approximate surface area is 84.7 Å². The Balaban J connectivity index is 3.86. The molecule has 0 saturated heterocycles. The van der Waals surface area contributed by atoms with E-state index < -0.39 is 5.41 Å². The molecule has 0 rings (SSSR count). The maximum absolute atomic E-state index is 11.4. The van der Waals surface area contributed by atoms with Gasteiger partial charge in [-0.2, -0.15) is 0 Å². The SMILES string of the molecule is CC(C)(C)C(=O)CC(=O)CCCCl. The van der Waals surface area contributed by atoms with E-state index in [0.717, 1.165) is 0 Å². The largest absolute Gasteiger partial charge is 0.299 e. The molecule has 0 amide bonds. The van der Waals surface area contributed by atoms with Gasteiger partial charge >= 0.3 is 0 Å². The van der Waals surface area contributed by atoms with Gasteiger partial charge in [0.15, 0.2) is 0 Å². The molecule has 0 atom stereocenters. The van der Waals surface area contributed by atoms with Crippen LogP contribution in [0.5, 0.6) is 0 Å². The quantitative estimate of drug-likeness (QED) is 0.510. The molecule has 76 valence electrons. The van der Waals surface area contributed by atoms with Gasteiger partial charge in [-0.05, 0) is 6.42 Å². The molecule has 0 aromatic rings. The highest BCUT2D eigenvalue weighted by Crippen LogP contribution is 2.17. The molecule has 2 nitrogen and oxygen atoms in total. The minimum Gasteiger partial charge on any atom is -0.299 e. The molecule has 0 aliphatic carbocycles. The lowest BCUT2D eigenvalue weighted by molar-refractivity contribution is -0.131. The third kappa shape index (κ3) is 5.81. The van der Waals surface area contributed by atoms with Crippen LogP contribution in [0.15, 0.2) is 0 Å². The Hall–Kier alpha value is -0.370. The van der Waals surface area contributed by atoms with E-state index in [1.165, 1.54) is 0 Å². The lowest BCUT2D eigenvalue weighted by Crippen LogP contribution is -2.22. The van der Waals surface area contributed by atoms with Crippen LogP contribution in [0.4, 0.5) is 0 Å². The molecule has 0 spiro atoms. The Kier molecular flexibility index (Phi) is 5.23. The number of alkyl halides is 1. The van der Waals surface area contributed by atoms with Gasteiger partial charge in [-0.15, -0.1) is 11.6 Å². The fraction of sp³-hybridized carbons (Fsp3) is 0.800. The summed E-state index contributed by atoms with van der Waals surface area (Å²) in [6.07, 6.45) is 1.14. The van der Waals surface area contributed by atoms with Crippen molar-refractivity contribution in [2.75, 3.05) is 5.88 Å². The number of hydrogen-bond donors (Lipinski definition) is 0. The number of rotatable bonds is 5. The van der Waals surface area contributed by atoms with Crippen molar-refractivity contribution in [2.24, 2.45) is 5.41 Å². The highest BCUT2D eigenvalue weighted by Gasteiger charge is 2.22. The van der Waals surface area contributed by atoms with Gasteiger partial charge in [-0.3, -0.25) is 9.59 Å². The van der Waals surface area contributed by atoms with Gasteiger partial charge in [-0.1, -0.05) is 20.8 Å². The number of carbonyl (C=O) groups is 2. The van der Waals surface area contributed by atoms with Crippen LogP contribution in [-0.4, -0.2) is 17.4 Å². The van der Waals surface area contributed by atoms with Crippen molar-refractivity contribution in [1.29, 1.82) is 0 Å². The molecule has 0 aromatic carbocycles. The average Bonchev–Trinajstić information content (AvgIpc) is 1.99. The number of ketones is 2. The Morgan fingerprint density at radius 3 is 2.15 bits per heavy atom. The van der Waals surface area contributed by atoms with Crippen LogP contribution in [-0.2, 0) is 9.59 Å². The summed E-state index contributed by atoms with van der Waals surface area (Å²) in [5.74, 6) is 0.489. The van der Waals surface area contributed by atoms with Crippen LogP contribution >= 0.6 is 11.6 Å². The number of hydrogen-bond acceptors (Lipinski definition) is 2. The smallest absolute Gasteiger partial charge is 0.145 e. The minimum atomic E-state index is -0.406. The second-order valence-corrected chi connectivity index (χ2v) is 4.56. The van der Waals surface area contributed by atoms with E-state index in [-0.39, 0.29) is 18.0 Å². The van der Waals surface area contributed by atoms with Crippen molar-refractivity contribution in [3.8, 4) is 0 Å². The topological polar surface area (TPSA) is 34.1 Å². The van der Waals surface area contributed by atoms with E-state index in [0.29, 0.717) is 18.7 Å². The van der Waals surface area contributed by atoms with Crippen molar-refractivity contribution in [1.82, 2.24) is 0 Å². The van der Waals surface area contributed by atoms with Gasteiger partial charge in [0.05, 0.1) is 6.42 Å². The maximum Gasteiger partial charge on any atom is 0.145 e. The van der Waals surface area contributed by atoms with Crippen LogP contribution in [0.1, 0.15) is 40.0 Å². The number of halogens is 1. The normalized spacial score (nSPS) is 11.4. The first-order valence-electron chi connectivity index (χ1n) is 4.49. The molecule has 0 aliphatic rings. The summed E-state index contributed by atoms with van der Waals surface area (Å²) in [6.45, 7) is 5.47. The summed E-state index contributed by atoms with van der Waals surface area (Å²) in [5, 5.41) is 0. The Morgan fingerprint density at radius 2 is 1.77 bits per heavy atom. The van der Waals surface area contributed by atoms with Crippen molar-refractivity contribution < 1.29 is 9.59 Å². The first kappa shape index (κ1) is 12.6. The molecule has 13 heavy (non-hydrogen) atoms. The molecule has 3 heteroatoms. The molecule has 0 unspecified atom stereocenters. The summed E-state index contributed by atoms with van der Waals surface area (Å²) < 4.78 is 0. The van der Waals surface area contributed by atoms with Gasteiger partial charge in [0.2, 0.25) is 0 Å². The van der Waals surface area contributed by atoms with Crippen LogP contribution in [0, 0.1) is 5.41 Å². The molecule has 0 N–H and O–H groups in total. The molecule has 0 radical (unpaired) electrons. The Morgan fingerprint density at radius 1 is 1.23 bits per heavy atom. The van der Waals surface area contributed by atoms with E-state index >= 15 is 0 Å². The summed E-state index contributed by atoms with van der Waals surface area (Å²) >= 11 is 5.43. The summed E-state index contributed by atoms with van der Waals surface area (Å²) in [7, 11) is 0. The maximum atomic E-state index is 11.4. The molecule has 0 aromatic heterocycles. The van der Waals surface area contributed by atoms with Crippen LogP contribution < -0.4 is 0 Å². The summed E-state index contributed by atoms with van der Waals surface area (Å²) in [5.41, 5.74) is -0.406. The summed E-state index contributed by atoms with van der Waals surface area (Å²) in [4.78, 5) is 22.6. The van der Waals surface area contributed by atoms with E-state index in [1.807, 2.05) is 20.8 Å². The molecule has 0 saturated carbocycles. The zero-order valence-electron chi connectivity index (χ0n) is 8.52. The molecule has 0 fully saturated rings. The molecular formula is C10H17ClO2. The van der Waals surface area contributed by atoms with E-state index in [1.54, 1.807) is 0 Å². The lowest BCUT2D eigenvalue weighted by atomic mass is 9.87. The van der Waals surface area contributed by atoms with Crippen molar-refractivity contribution in [2.45, 2.75) is 40.0 Å². The van der Waals surface area contributed by atoms with Crippen molar-refractivity contribution in [3.05, 3.63) is 0 Å². The second-order valence-electron chi connectivity index (χ2n) is 4.18. The highest BCUT2D eigenvalue weighted by atomic mass is 35.5. The van der Waals surface area contributed by atoms with E-state index in [4.69, 9.17) is 11.6 Å². The fourth-order valence-electron chi connectivity index (χ4n) is 0.797. The van der Waals surface area contributed by atoms with Gasteiger partial charge < -0.3 is 0 Å². The predicted octanol–water partition coefficient (Wildman–Crippen LogP) is 2.58. The zero-order valence-corrected chi connectivity index (χ0v) is 9.28.